The van der Waals surface area contributed by atoms with Crippen molar-refractivity contribution in [2.75, 3.05) is 34.2 Å². The number of hydrogen-bond donors (Lipinski definition) is 0. The van der Waals surface area contributed by atoms with E-state index in [1.165, 1.54) is 5.56 Å². The number of rotatable bonds is 6. The molecule has 1 fully saturated rings. The number of benzene rings is 1. The van der Waals surface area contributed by atoms with Crippen molar-refractivity contribution < 1.29 is 9.32 Å². The smallest absolute Gasteiger partial charge is 0.276 e. The van der Waals surface area contributed by atoms with Crippen LogP contribution in [0.5, 0.6) is 0 Å². The number of nitrogens with zero attached hydrogens (tertiary/aromatic N) is 4. The van der Waals surface area contributed by atoms with E-state index >= 15 is 0 Å². The number of carbonyl (C=O) groups is 1. The van der Waals surface area contributed by atoms with E-state index in [1.807, 2.05) is 32.3 Å². The molecule has 0 N–H and O–H groups in total. The number of likely N-dealkylation sites (N-methyl/N-ethyl adjacent to an activating group) is 2. The molecule has 0 bridgehead atoms. The van der Waals surface area contributed by atoms with Gasteiger partial charge in [0.25, 0.3) is 5.91 Å². The van der Waals surface area contributed by atoms with Gasteiger partial charge in [0, 0.05) is 32.2 Å². The number of hydrogen-bond acceptors (Lipinski definition) is 5. The van der Waals surface area contributed by atoms with Crippen LogP contribution in [-0.4, -0.2) is 66.0 Å². The first-order valence-corrected chi connectivity index (χ1v) is 8.66. The summed E-state index contributed by atoms with van der Waals surface area (Å²) in [5.74, 6) is 0.639. The van der Waals surface area contributed by atoms with Crippen LogP contribution in [0.3, 0.4) is 0 Å². The largest absolute Gasteiger partial charge is 0.359 e. The third kappa shape index (κ3) is 4.46. The van der Waals surface area contributed by atoms with Gasteiger partial charge in [-0.05, 0) is 32.6 Å². The molecule has 2 aromatic rings. The Balaban J connectivity index is 1.57. The van der Waals surface area contributed by atoms with E-state index in [0.717, 1.165) is 26.1 Å². The fourth-order valence-corrected chi connectivity index (χ4v) is 3.28. The molecule has 1 aliphatic heterocycles. The molecule has 0 spiro atoms. The fraction of sp³-hybridized carbons (Fsp3) is 0.474. The van der Waals surface area contributed by atoms with Gasteiger partial charge in [0.1, 0.15) is 0 Å². The molecule has 1 amide bonds. The number of likely N-dealkylation sites (tertiary alicyclic amines) is 1. The lowest BCUT2D eigenvalue weighted by Gasteiger charge is -2.23. The van der Waals surface area contributed by atoms with Crippen molar-refractivity contribution in [1.82, 2.24) is 19.9 Å². The maximum Gasteiger partial charge on any atom is 0.276 e. The average Bonchev–Trinajstić information content (AvgIpc) is 3.23. The second kappa shape index (κ2) is 7.80. The molecule has 1 saturated heterocycles. The summed E-state index contributed by atoms with van der Waals surface area (Å²) in [4.78, 5) is 18.8. The molecular formula is C19H26N4O2. The van der Waals surface area contributed by atoms with Gasteiger partial charge in [-0.25, -0.2) is 0 Å². The molecule has 0 saturated carbocycles. The molecule has 25 heavy (non-hydrogen) atoms. The third-order valence-corrected chi connectivity index (χ3v) is 4.73. The number of carbonyl (C=O) groups excluding carboxylic acids is 1. The molecule has 2 heterocycles. The van der Waals surface area contributed by atoms with Crippen molar-refractivity contribution in [3.05, 3.63) is 53.4 Å². The molecule has 3 rings (SSSR count). The van der Waals surface area contributed by atoms with Crippen molar-refractivity contribution in [1.29, 1.82) is 0 Å². The van der Waals surface area contributed by atoms with Crippen LogP contribution in [0.2, 0.25) is 0 Å². The minimum absolute atomic E-state index is 0.0685. The molecule has 0 radical (unpaired) electrons. The maximum atomic E-state index is 12.6. The first-order chi connectivity index (χ1) is 12.0. The highest BCUT2D eigenvalue weighted by molar-refractivity contribution is 5.92. The highest BCUT2D eigenvalue weighted by Crippen LogP contribution is 2.16. The van der Waals surface area contributed by atoms with E-state index < -0.39 is 0 Å². The van der Waals surface area contributed by atoms with Crippen LogP contribution in [0.25, 0.3) is 0 Å². The molecule has 1 atom stereocenters. The second-order valence-corrected chi connectivity index (χ2v) is 6.96. The van der Waals surface area contributed by atoms with Crippen LogP contribution >= 0.6 is 0 Å². The van der Waals surface area contributed by atoms with Gasteiger partial charge in [-0.15, -0.1) is 0 Å². The van der Waals surface area contributed by atoms with Gasteiger partial charge in [-0.1, -0.05) is 35.5 Å². The Labute approximate surface area is 149 Å². The first kappa shape index (κ1) is 17.6. The van der Waals surface area contributed by atoms with Crippen LogP contribution in [0.4, 0.5) is 0 Å². The van der Waals surface area contributed by atoms with E-state index in [-0.39, 0.29) is 11.9 Å². The third-order valence-electron chi connectivity index (χ3n) is 4.73. The zero-order valence-corrected chi connectivity index (χ0v) is 15.2. The predicted molar refractivity (Wildman–Crippen MR) is 96.1 cm³/mol. The SMILES string of the molecule is CN(Cc1ccccc1)Cc1cc(C(=O)N(C)[C@@H]2CCN(C)C2)no1. The van der Waals surface area contributed by atoms with Gasteiger partial charge >= 0.3 is 0 Å². The quantitative estimate of drug-likeness (QED) is 0.804. The fourth-order valence-electron chi connectivity index (χ4n) is 3.28. The Bertz CT molecular complexity index is 700. The first-order valence-electron chi connectivity index (χ1n) is 8.66. The summed E-state index contributed by atoms with van der Waals surface area (Å²) < 4.78 is 5.38. The summed E-state index contributed by atoms with van der Waals surface area (Å²) in [5, 5.41) is 3.98. The number of aromatic nitrogens is 1. The van der Waals surface area contributed by atoms with Crippen LogP contribution in [0.1, 0.15) is 28.2 Å². The lowest BCUT2D eigenvalue weighted by molar-refractivity contribution is 0.0727. The van der Waals surface area contributed by atoms with Gasteiger partial charge in [-0.2, -0.15) is 0 Å². The Morgan fingerprint density at radius 3 is 2.72 bits per heavy atom. The maximum absolute atomic E-state index is 12.6. The number of amides is 1. The minimum Gasteiger partial charge on any atom is -0.359 e. The topological polar surface area (TPSA) is 52.8 Å². The van der Waals surface area contributed by atoms with E-state index in [1.54, 1.807) is 11.0 Å². The van der Waals surface area contributed by atoms with Crippen molar-refractivity contribution in [2.45, 2.75) is 25.6 Å². The molecule has 1 aliphatic rings. The predicted octanol–water partition coefficient (Wildman–Crippen LogP) is 2.08. The van der Waals surface area contributed by atoms with Gasteiger partial charge in [-0.3, -0.25) is 9.69 Å². The monoisotopic (exact) mass is 342 g/mol. The standard InChI is InChI=1S/C19H26N4O2/c1-21-10-9-16(13-21)23(3)19(24)18-11-17(25-20-18)14-22(2)12-15-7-5-4-6-8-15/h4-8,11,16H,9-10,12-14H2,1-3H3/t16-/m1/s1. The van der Waals surface area contributed by atoms with Gasteiger partial charge < -0.3 is 14.3 Å². The Morgan fingerprint density at radius 1 is 1.28 bits per heavy atom. The van der Waals surface area contributed by atoms with E-state index in [2.05, 4.69) is 34.1 Å². The Kier molecular flexibility index (Phi) is 5.50. The van der Waals surface area contributed by atoms with Crippen molar-refractivity contribution in [3.8, 4) is 0 Å². The van der Waals surface area contributed by atoms with Gasteiger partial charge in [0.05, 0.1) is 6.54 Å². The molecule has 134 valence electrons. The summed E-state index contributed by atoms with van der Waals surface area (Å²) in [6.45, 7) is 3.37. The lowest BCUT2D eigenvalue weighted by Crippen LogP contribution is -2.38. The van der Waals surface area contributed by atoms with Crippen LogP contribution in [0.15, 0.2) is 40.9 Å². The average molecular weight is 342 g/mol. The van der Waals surface area contributed by atoms with Gasteiger partial charge in [0.15, 0.2) is 11.5 Å². The summed E-state index contributed by atoms with van der Waals surface area (Å²) in [7, 11) is 5.95. The van der Waals surface area contributed by atoms with Crippen LogP contribution < -0.4 is 0 Å². The highest BCUT2D eigenvalue weighted by atomic mass is 16.5. The molecule has 0 aliphatic carbocycles. The summed E-state index contributed by atoms with van der Waals surface area (Å²) in [5.41, 5.74) is 1.63. The molecule has 1 aromatic heterocycles. The Hall–Kier alpha value is -2.18. The lowest BCUT2D eigenvalue weighted by atomic mass is 10.2. The molecular weight excluding hydrogens is 316 g/mol. The molecule has 0 unspecified atom stereocenters. The van der Waals surface area contributed by atoms with Crippen molar-refractivity contribution in [2.24, 2.45) is 0 Å². The molecule has 6 heteroatoms. The van der Waals surface area contributed by atoms with Crippen molar-refractivity contribution in [3.63, 3.8) is 0 Å². The van der Waals surface area contributed by atoms with E-state index in [4.69, 9.17) is 4.52 Å². The zero-order valence-electron chi connectivity index (χ0n) is 15.2. The van der Waals surface area contributed by atoms with Crippen molar-refractivity contribution >= 4 is 5.91 Å². The minimum atomic E-state index is -0.0685. The normalized spacial score (nSPS) is 18.0. The van der Waals surface area contributed by atoms with Crippen LogP contribution in [-0.2, 0) is 13.1 Å². The summed E-state index contributed by atoms with van der Waals surface area (Å²) in [6.07, 6.45) is 1.00. The Morgan fingerprint density at radius 2 is 2.04 bits per heavy atom. The molecule has 1 aromatic carbocycles. The van der Waals surface area contributed by atoms with E-state index in [9.17, 15) is 4.79 Å². The zero-order chi connectivity index (χ0) is 17.8. The second-order valence-electron chi connectivity index (χ2n) is 6.96. The summed E-state index contributed by atoms with van der Waals surface area (Å²) in [6, 6.07) is 12.3. The van der Waals surface area contributed by atoms with Gasteiger partial charge in [0.2, 0.25) is 0 Å². The van der Waals surface area contributed by atoms with E-state index in [0.29, 0.717) is 18.0 Å². The molecule has 6 nitrogen and oxygen atoms in total. The summed E-state index contributed by atoms with van der Waals surface area (Å²) >= 11 is 0. The highest BCUT2D eigenvalue weighted by Gasteiger charge is 2.28. The van der Waals surface area contributed by atoms with Crippen LogP contribution in [0, 0.1) is 0 Å².